The van der Waals surface area contributed by atoms with Crippen molar-refractivity contribution in [2.75, 3.05) is 6.54 Å². The van der Waals surface area contributed by atoms with E-state index in [0.29, 0.717) is 6.04 Å². The van der Waals surface area contributed by atoms with E-state index in [0.717, 1.165) is 19.4 Å². The summed E-state index contributed by atoms with van der Waals surface area (Å²) in [5.41, 5.74) is 5.52. The zero-order valence-corrected chi connectivity index (χ0v) is 15.3. The largest absolute Gasteiger partial charge is 0.310 e. The highest BCUT2D eigenvalue weighted by Crippen LogP contribution is 2.22. The molecular formula is C19H24IN. The summed E-state index contributed by atoms with van der Waals surface area (Å²) in [6.45, 7) is 7.64. The van der Waals surface area contributed by atoms with E-state index in [-0.39, 0.29) is 0 Å². The first-order valence-corrected chi connectivity index (χ1v) is 8.73. The van der Waals surface area contributed by atoms with Crippen molar-refractivity contribution in [3.8, 4) is 0 Å². The molecule has 0 saturated carbocycles. The highest BCUT2D eigenvalue weighted by Gasteiger charge is 2.12. The summed E-state index contributed by atoms with van der Waals surface area (Å²) in [4.78, 5) is 0. The molecule has 0 radical (unpaired) electrons. The third-order valence-corrected chi connectivity index (χ3v) is 4.65. The van der Waals surface area contributed by atoms with Crippen LogP contribution in [0.5, 0.6) is 0 Å². The molecule has 0 bridgehead atoms. The summed E-state index contributed by atoms with van der Waals surface area (Å²) >= 11 is 2.36. The van der Waals surface area contributed by atoms with E-state index >= 15 is 0 Å². The van der Waals surface area contributed by atoms with Crippen molar-refractivity contribution >= 4 is 22.6 Å². The van der Waals surface area contributed by atoms with E-state index in [9.17, 15) is 0 Å². The molecule has 2 heteroatoms. The van der Waals surface area contributed by atoms with Gasteiger partial charge in [0.25, 0.3) is 0 Å². The molecule has 21 heavy (non-hydrogen) atoms. The van der Waals surface area contributed by atoms with Gasteiger partial charge in [-0.1, -0.05) is 37.3 Å². The molecule has 0 fully saturated rings. The quantitative estimate of drug-likeness (QED) is 0.666. The van der Waals surface area contributed by atoms with E-state index in [1.54, 1.807) is 0 Å². The molecule has 0 heterocycles. The van der Waals surface area contributed by atoms with Gasteiger partial charge in [-0.15, -0.1) is 0 Å². The van der Waals surface area contributed by atoms with Crippen LogP contribution in [-0.4, -0.2) is 6.54 Å². The summed E-state index contributed by atoms with van der Waals surface area (Å²) in [7, 11) is 0. The van der Waals surface area contributed by atoms with Gasteiger partial charge >= 0.3 is 0 Å². The summed E-state index contributed by atoms with van der Waals surface area (Å²) < 4.78 is 1.29. The van der Waals surface area contributed by atoms with Gasteiger partial charge in [0.15, 0.2) is 0 Å². The molecule has 0 aliphatic carbocycles. The molecule has 0 aromatic heterocycles. The van der Waals surface area contributed by atoms with Crippen LogP contribution in [0.25, 0.3) is 0 Å². The Balaban J connectivity index is 2.20. The minimum absolute atomic E-state index is 0.393. The molecular weight excluding hydrogens is 369 g/mol. The Morgan fingerprint density at radius 2 is 1.71 bits per heavy atom. The van der Waals surface area contributed by atoms with Crippen molar-refractivity contribution in [1.82, 2.24) is 5.32 Å². The van der Waals surface area contributed by atoms with Gasteiger partial charge in [0.2, 0.25) is 0 Å². The van der Waals surface area contributed by atoms with Gasteiger partial charge in [-0.05, 0) is 90.2 Å². The molecule has 2 aromatic carbocycles. The molecule has 0 aliphatic rings. The maximum atomic E-state index is 3.69. The molecule has 2 rings (SSSR count). The Hall–Kier alpha value is -0.870. The minimum atomic E-state index is 0.393. The Morgan fingerprint density at radius 1 is 1.00 bits per heavy atom. The molecule has 0 amide bonds. The Kier molecular flexibility index (Phi) is 6.24. The lowest BCUT2D eigenvalue weighted by atomic mass is 9.96. The summed E-state index contributed by atoms with van der Waals surface area (Å²) in [6.07, 6.45) is 2.20. The predicted octanol–water partition coefficient (Wildman–Crippen LogP) is 5.19. The number of rotatable bonds is 6. The number of hydrogen-bond acceptors (Lipinski definition) is 1. The van der Waals surface area contributed by atoms with Crippen molar-refractivity contribution in [2.45, 2.75) is 39.7 Å². The van der Waals surface area contributed by atoms with Crippen LogP contribution in [0.3, 0.4) is 0 Å². The first-order chi connectivity index (χ1) is 10.1. The lowest BCUT2D eigenvalue weighted by Crippen LogP contribution is -2.24. The van der Waals surface area contributed by atoms with Gasteiger partial charge < -0.3 is 5.32 Å². The average molecular weight is 393 g/mol. The Labute approximate surface area is 142 Å². The molecule has 112 valence electrons. The minimum Gasteiger partial charge on any atom is -0.310 e. The fourth-order valence-electron chi connectivity index (χ4n) is 2.46. The SMILES string of the molecule is CCCNC(Cc1ccc(I)cc1)c1ccc(C)c(C)c1. The highest BCUT2D eigenvalue weighted by molar-refractivity contribution is 14.1. The van der Waals surface area contributed by atoms with Crippen molar-refractivity contribution in [3.63, 3.8) is 0 Å². The van der Waals surface area contributed by atoms with Crippen LogP contribution in [0.4, 0.5) is 0 Å². The Bertz CT molecular complexity index is 575. The predicted molar refractivity (Wildman–Crippen MR) is 99.8 cm³/mol. The Morgan fingerprint density at radius 3 is 2.33 bits per heavy atom. The van der Waals surface area contributed by atoms with Gasteiger partial charge in [-0.2, -0.15) is 0 Å². The van der Waals surface area contributed by atoms with Gasteiger partial charge in [-0.25, -0.2) is 0 Å². The molecule has 2 aromatic rings. The van der Waals surface area contributed by atoms with E-state index in [2.05, 4.69) is 91.1 Å². The van der Waals surface area contributed by atoms with Crippen molar-refractivity contribution in [2.24, 2.45) is 0 Å². The van der Waals surface area contributed by atoms with Gasteiger partial charge in [0, 0.05) is 9.61 Å². The molecule has 0 spiro atoms. The van der Waals surface area contributed by atoms with E-state index in [4.69, 9.17) is 0 Å². The number of benzene rings is 2. The second-order valence-electron chi connectivity index (χ2n) is 5.68. The summed E-state index contributed by atoms with van der Waals surface area (Å²) in [5, 5.41) is 3.69. The van der Waals surface area contributed by atoms with E-state index in [1.165, 1.54) is 25.8 Å². The number of hydrogen-bond donors (Lipinski definition) is 1. The van der Waals surface area contributed by atoms with Crippen LogP contribution in [-0.2, 0) is 6.42 Å². The second kappa shape index (κ2) is 7.95. The standard InChI is InChI=1S/C19H24IN/c1-4-11-21-19(13-16-6-9-18(20)10-7-16)17-8-5-14(2)15(3)12-17/h5-10,12,19,21H,4,11,13H2,1-3H3. The topological polar surface area (TPSA) is 12.0 Å². The lowest BCUT2D eigenvalue weighted by molar-refractivity contribution is 0.529. The molecule has 1 N–H and O–H groups in total. The average Bonchev–Trinajstić information content (AvgIpc) is 2.48. The third kappa shape index (κ3) is 4.82. The number of nitrogens with one attached hydrogen (secondary N) is 1. The highest BCUT2D eigenvalue weighted by atomic mass is 127. The third-order valence-electron chi connectivity index (χ3n) is 3.93. The van der Waals surface area contributed by atoms with E-state index < -0.39 is 0 Å². The molecule has 1 unspecified atom stereocenters. The number of aryl methyl sites for hydroxylation is 2. The van der Waals surface area contributed by atoms with Gasteiger partial charge in [-0.3, -0.25) is 0 Å². The van der Waals surface area contributed by atoms with E-state index in [1.807, 2.05) is 0 Å². The molecule has 0 aliphatic heterocycles. The maximum absolute atomic E-state index is 3.69. The zero-order valence-electron chi connectivity index (χ0n) is 13.1. The zero-order chi connectivity index (χ0) is 15.2. The number of halogens is 1. The molecule has 1 atom stereocenters. The van der Waals surface area contributed by atoms with Gasteiger partial charge in [0.1, 0.15) is 0 Å². The second-order valence-corrected chi connectivity index (χ2v) is 6.93. The van der Waals surface area contributed by atoms with Crippen LogP contribution in [0.1, 0.15) is 41.6 Å². The monoisotopic (exact) mass is 393 g/mol. The summed E-state index contributed by atoms with van der Waals surface area (Å²) in [6, 6.07) is 16.1. The normalized spacial score (nSPS) is 12.4. The fraction of sp³-hybridized carbons (Fsp3) is 0.368. The van der Waals surface area contributed by atoms with Crippen LogP contribution in [0.2, 0.25) is 0 Å². The van der Waals surface area contributed by atoms with Crippen LogP contribution >= 0.6 is 22.6 Å². The maximum Gasteiger partial charge on any atom is 0.0360 e. The van der Waals surface area contributed by atoms with Crippen molar-refractivity contribution < 1.29 is 0 Å². The van der Waals surface area contributed by atoms with Crippen LogP contribution in [0.15, 0.2) is 42.5 Å². The van der Waals surface area contributed by atoms with Crippen LogP contribution in [0, 0.1) is 17.4 Å². The van der Waals surface area contributed by atoms with Crippen molar-refractivity contribution in [1.29, 1.82) is 0 Å². The smallest absolute Gasteiger partial charge is 0.0360 e. The first-order valence-electron chi connectivity index (χ1n) is 7.65. The molecule has 1 nitrogen and oxygen atoms in total. The lowest BCUT2D eigenvalue weighted by Gasteiger charge is -2.20. The van der Waals surface area contributed by atoms with Crippen LogP contribution < -0.4 is 5.32 Å². The fourth-order valence-corrected chi connectivity index (χ4v) is 2.82. The molecule has 0 saturated heterocycles. The first kappa shape index (κ1) is 16.5. The van der Waals surface area contributed by atoms with Crippen molar-refractivity contribution in [3.05, 3.63) is 68.3 Å². The summed E-state index contributed by atoms with van der Waals surface area (Å²) in [5.74, 6) is 0. The van der Waals surface area contributed by atoms with Gasteiger partial charge in [0.05, 0.1) is 0 Å².